The van der Waals surface area contributed by atoms with Gasteiger partial charge in [-0.05, 0) is 39.9 Å². The van der Waals surface area contributed by atoms with Crippen LogP contribution in [0.3, 0.4) is 0 Å². The molecule has 0 amide bonds. The van der Waals surface area contributed by atoms with Gasteiger partial charge in [0.25, 0.3) is 0 Å². The molecule has 0 radical (unpaired) electrons. The molecule has 0 aromatic rings. The molecule has 0 aliphatic heterocycles. The summed E-state index contributed by atoms with van der Waals surface area (Å²) in [5, 5.41) is 9.55. The quantitative estimate of drug-likeness (QED) is 0.639. The summed E-state index contributed by atoms with van der Waals surface area (Å²) >= 11 is 0. The lowest BCUT2D eigenvalue weighted by Crippen LogP contribution is -2.33. The molecule has 0 saturated heterocycles. The Bertz CT molecular complexity index is 191. The standard InChI is InChI=1S/C12H25NO3/c1-5-13(6-2)9-8-11(10(4)14)12(15)16-7-3/h10-11,14H,5-9H2,1-4H3. The van der Waals surface area contributed by atoms with E-state index in [-0.39, 0.29) is 5.97 Å². The highest BCUT2D eigenvalue weighted by Crippen LogP contribution is 2.12. The topological polar surface area (TPSA) is 49.8 Å². The second-order valence-electron chi connectivity index (χ2n) is 3.91. The van der Waals surface area contributed by atoms with Gasteiger partial charge in [0.1, 0.15) is 0 Å². The van der Waals surface area contributed by atoms with Gasteiger partial charge >= 0.3 is 5.97 Å². The highest BCUT2D eigenvalue weighted by Gasteiger charge is 2.25. The van der Waals surface area contributed by atoms with E-state index in [0.717, 1.165) is 19.6 Å². The van der Waals surface area contributed by atoms with E-state index >= 15 is 0 Å². The summed E-state index contributed by atoms with van der Waals surface area (Å²) in [6, 6.07) is 0. The number of aliphatic hydroxyl groups excluding tert-OH is 1. The first kappa shape index (κ1) is 15.4. The Morgan fingerprint density at radius 1 is 1.31 bits per heavy atom. The molecule has 0 bridgehead atoms. The second-order valence-corrected chi connectivity index (χ2v) is 3.91. The second kappa shape index (κ2) is 8.53. The van der Waals surface area contributed by atoms with Crippen molar-refractivity contribution in [2.24, 2.45) is 5.92 Å². The Hall–Kier alpha value is -0.610. The van der Waals surface area contributed by atoms with Crippen LogP contribution in [-0.4, -0.2) is 48.3 Å². The molecule has 1 N–H and O–H groups in total. The van der Waals surface area contributed by atoms with E-state index in [9.17, 15) is 9.90 Å². The molecule has 0 aromatic carbocycles. The van der Waals surface area contributed by atoms with Crippen molar-refractivity contribution in [3.63, 3.8) is 0 Å². The van der Waals surface area contributed by atoms with E-state index in [1.54, 1.807) is 13.8 Å². The summed E-state index contributed by atoms with van der Waals surface area (Å²) in [6.07, 6.45) is 0.00709. The Kier molecular flexibility index (Phi) is 8.21. The summed E-state index contributed by atoms with van der Waals surface area (Å²) < 4.78 is 4.95. The molecule has 2 unspecified atom stereocenters. The molecule has 4 nitrogen and oxygen atoms in total. The van der Waals surface area contributed by atoms with Crippen LogP contribution in [0.1, 0.15) is 34.1 Å². The molecule has 0 saturated carbocycles. The van der Waals surface area contributed by atoms with E-state index in [4.69, 9.17) is 4.74 Å². The van der Waals surface area contributed by atoms with Gasteiger partial charge in [-0.25, -0.2) is 0 Å². The first-order chi connectivity index (χ1) is 7.56. The number of ether oxygens (including phenoxy) is 1. The minimum Gasteiger partial charge on any atom is -0.466 e. The Morgan fingerprint density at radius 3 is 2.25 bits per heavy atom. The number of aliphatic hydroxyl groups is 1. The van der Waals surface area contributed by atoms with Crippen molar-refractivity contribution in [3.05, 3.63) is 0 Å². The zero-order valence-electron chi connectivity index (χ0n) is 10.9. The molecule has 0 spiro atoms. The normalized spacial score (nSPS) is 14.9. The first-order valence-electron chi connectivity index (χ1n) is 6.13. The fourth-order valence-electron chi connectivity index (χ4n) is 1.67. The van der Waals surface area contributed by atoms with Crippen molar-refractivity contribution < 1.29 is 14.6 Å². The fraction of sp³-hybridized carbons (Fsp3) is 0.917. The predicted octanol–water partition coefficient (Wildman–Crippen LogP) is 1.28. The zero-order chi connectivity index (χ0) is 12.6. The van der Waals surface area contributed by atoms with Gasteiger partial charge in [-0.15, -0.1) is 0 Å². The summed E-state index contributed by atoms with van der Waals surface area (Å²) in [4.78, 5) is 13.8. The number of hydrogen-bond donors (Lipinski definition) is 1. The third-order valence-corrected chi connectivity index (χ3v) is 2.82. The molecule has 16 heavy (non-hydrogen) atoms. The number of hydrogen-bond acceptors (Lipinski definition) is 4. The largest absolute Gasteiger partial charge is 0.466 e. The van der Waals surface area contributed by atoms with Gasteiger partial charge < -0.3 is 14.7 Å². The average molecular weight is 231 g/mol. The van der Waals surface area contributed by atoms with Crippen LogP contribution in [-0.2, 0) is 9.53 Å². The first-order valence-corrected chi connectivity index (χ1v) is 6.13. The average Bonchev–Trinajstić information content (AvgIpc) is 2.24. The van der Waals surface area contributed by atoms with Crippen LogP contribution in [0.2, 0.25) is 0 Å². The van der Waals surface area contributed by atoms with Gasteiger partial charge in [0.15, 0.2) is 0 Å². The summed E-state index contributed by atoms with van der Waals surface area (Å²) in [5.74, 6) is -0.690. The van der Waals surface area contributed by atoms with Crippen molar-refractivity contribution in [3.8, 4) is 0 Å². The van der Waals surface area contributed by atoms with E-state index < -0.39 is 12.0 Å². The predicted molar refractivity (Wildman–Crippen MR) is 64.2 cm³/mol. The van der Waals surface area contributed by atoms with Crippen LogP contribution < -0.4 is 0 Å². The van der Waals surface area contributed by atoms with Gasteiger partial charge in [0.2, 0.25) is 0 Å². The number of nitrogens with zero attached hydrogens (tertiary/aromatic N) is 1. The maximum absolute atomic E-state index is 11.6. The van der Waals surface area contributed by atoms with Crippen LogP contribution in [0.4, 0.5) is 0 Å². The molecular weight excluding hydrogens is 206 g/mol. The van der Waals surface area contributed by atoms with Crippen LogP contribution in [0.25, 0.3) is 0 Å². The highest BCUT2D eigenvalue weighted by molar-refractivity contribution is 5.73. The number of carbonyl (C=O) groups is 1. The van der Waals surface area contributed by atoms with Gasteiger partial charge in [-0.1, -0.05) is 13.8 Å². The van der Waals surface area contributed by atoms with Crippen LogP contribution in [0, 0.1) is 5.92 Å². The zero-order valence-corrected chi connectivity index (χ0v) is 10.9. The molecule has 0 aromatic heterocycles. The number of carbonyl (C=O) groups excluding carboxylic acids is 1. The minimum absolute atomic E-state index is 0.287. The summed E-state index contributed by atoms with van der Waals surface area (Å²) in [5.41, 5.74) is 0. The van der Waals surface area contributed by atoms with E-state index in [0.29, 0.717) is 13.0 Å². The SMILES string of the molecule is CCOC(=O)C(CCN(CC)CC)C(C)O. The van der Waals surface area contributed by atoms with Crippen LogP contribution in [0.5, 0.6) is 0 Å². The molecule has 0 fully saturated rings. The fourth-order valence-corrected chi connectivity index (χ4v) is 1.67. The number of esters is 1. The Morgan fingerprint density at radius 2 is 1.88 bits per heavy atom. The Balaban J connectivity index is 4.18. The lowest BCUT2D eigenvalue weighted by molar-refractivity contribution is -0.152. The van der Waals surface area contributed by atoms with Crippen molar-refractivity contribution in [2.75, 3.05) is 26.2 Å². The van der Waals surface area contributed by atoms with Gasteiger partial charge in [0, 0.05) is 0 Å². The van der Waals surface area contributed by atoms with E-state index in [1.807, 2.05) is 0 Å². The van der Waals surface area contributed by atoms with E-state index in [1.165, 1.54) is 0 Å². The molecule has 2 atom stereocenters. The third-order valence-electron chi connectivity index (χ3n) is 2.82. The Labute approximate surface area is 98.6 Å². The van der Waals surface area contributed by atoms with Crippen molar-refractivity contribution in [1.29, 1.82) is 0 Å². The minimum atomic E-state index is -0.644. The monoisotopic (exact) mass is 231 g/mol. The van der Waals surface area contributed by atoms with Crippen LogP contribution >= 0.6 is 0 Å². The summed E-state index contributed by atoms with van der Waals surface area (Å²) in [6.45, 7) is 10.7. The summed E-state index contributed by atoms with van der Waals surface area (Å²) in [7, 11) is 0. The van der Waals surface area contributed by atoms with Crippen LogP contribution in [0.15, 0.2) is 0 Å². The maximum atomic E-state index is 11.6. The molecule has 96 valence electrons. The smallest absolute Gasteiger partial charge is 0.311 e. The van der Waals surface area contributed by atoms with Gasteiger partial charge in [0.05, 0.1) is 18.6 Å². The lowest BCUT2D eigenvalue weighted by atomic mass is 9.99. The number of rotatable bonds is 8. The van der Waals surface area contributed by atoms with Crippen molar-refractivity contribution >= 4 is 5.97 Å². The molecular formula is C12H25NO3. The molecule has 0 aliphatic rings. The van der Waals surface area contributed by atoms with E-state index in [2.05, 4.69) is 18.7 Å². The maximum Gasteiger partial charge on any atom is 0.311 e. The molecule has 0 aliphatic carbocycles. The van der Waals surface area contributed by atoms with Crippen molar-refractivity contribution in [1.82, 2.24) is 4.90 Å². The highest BCUT2D eigenvalue weighted by atomic mass is 16.5. The van der Waals surface area contributed by atoms with Gasteiger partial charge in [-0.3, -0.25) is 4.79 Å². The molecule has 4 heteroatoms. The van der Waals surface area contributed by atoms with Crippen molar-refractivity contribution in [2.45, 2.75) is 40.2 Å². The molecule has 0 heterocycles. The molecule has 0 rings (SSSR count). The third kappa shape index (κ3) is 5.47. The van der Waals surface area contributed by atoms with Gasteiger partial charge in [-0.2, -0.15) is 0 Å². The lowest BCUT2D eigenvalue weighted by Gasteiger charge is -2.23.